The molecule has 8 heteroatoms. The van der Waals surface area contributed by atoms with Gasteiger partial charge in [0.1, 0.15) is 23.3 Å². The Labute approximate surface area is 171 Å². The summed E-state index contributed by atoms with van der Waals surface area (Å²) in [6, 6.07) is 13.7. The fraction of sp³-hybridized carbons (Fsp3) is 0.182. The van der Waals surface area contributed by atoms with Gasteiger partial charge in [-0.3, -0.25) is 4.79 Å². The lowest BCUT2D eigenvalue weighted by Crippen LogP contribution is -2.17. The number of nitrogens with one attached hydrogen (secondary N) is 2. The Bertz CT molecular complexity index is 1020. The molecule has 30 heavy (non-hydrogen) atoms. The van der Waals surface area contributed by atoms with Crippen LogP contribution in [0.15, 0.2) is 72.1 Å². The molecular formula is C22H18F3N3O2. The summed E-state index contributed by atoms with van der Waals surface area (Å²) in [5, 5.41) is 14.3. The van der Waals surface area contributed by atoms with Crippen LogP contribution in [-0.2, 0) is 17.4 Å². The van der Waals surface area contributed by atoms with Crippen LogP contribution in [0, 0.1) is 11.3 Å². The predicted molar refractivity (Wildman–Crippen MR) is 105 cm³/mol. The number of alkyl halides is 3. The number of rotatable bonds is 6. The maximum atomic E-state index is 12.7. The molecule has 1 aliphatic rings. The van der Waals surface area contributed by atoms with Crippen molar-refractivity contribution in [1.29, 1.82) is 5.26 Å². The minimum atomic E-state index is -4.46. The Morgan fingerprint density at radius 1 is 1.20 bits per heavy atom. The van der Waals surface area contributed by atoms with Gasteiger partial charge in [-0.25, -0.2) is 0 Å². The molecule has 1 heterocycles. The summed E-state index contributed by atoms with van der Waals surface area (Å²) < 4.78 is 43.9. The van der Waals surface area contributed by atoms with E-state index in [2.05, 4.69) is 10.6 Å². The molecule has 154 valence electrons. The number of allylic oxidation sites excluding steroid dienone is 2. The highest BCUT2D eigenvalue weighted by Crippen LogP contribution is 2.30. The number of nitriles is 1. The molecule has 0 spiro atoms. The second-order valence-corrected chi connectivity index (χ2v) is 6.53. The van der Waals surface area contributed by atoms with E-state index in [4.69, 9.17) is 10.00 Å². The van der Waals surface area contributed by atoms with E-state index in [-0.39, 0.29) is 18.0 Å². The molecule has 0 fully saturated rings. The number of carbonyl (C=O) groups is 1. The summed E-state index contributed by atoms with van der Waals surface area (Å²) >= 11 is 0. The van der Waals surface area contributed by atoms with Gasteiger partial charge in [0.05, 0.1) is 5.56 Å². The average Bonchev–Trinajstić information content (AvgIpc) is 2.73. The van der Waals surface area contributed by atoms with Crippen LogP contribution in [0.25, 0.3) is 0 Å². The molecule has 2 aromatic rings. The first-order valence-electron chi connectivity index (χ1n) is 9.13. The zero-order chi connectivity index (χ0) is 21.6. The largest absolute Gasteiger partial charge is 0.458 e. The van der Waals surface area contributed by atoms with Crippen molar-refractivity contribution in [3.05, 3.63) is 83.3 Å². The quantitative estimate of drug-likeness (QED) is 0.729. The lowest BCUT2D eigenvalue weighted by Gasteiger charge is -2.13. The number of anilines is 1. The van der Waals surface area contributed by atoms with E-state index in [1.165, 1.54) is 12.1 Å². The topological polar surface area (TPSA) is 74.1 Å². The number of benzene rings is 2. The molecule has 0 bridgehead atoms. The minimum absolute atomic E-state index is 0.110. The lowest BCUT2D eigenvalue weighted by molar-refractivity contribution is -0.137. The Kier molecular flexibility index (Phi) is 6.42. The molecule has 1 aliphatic heterocycles. The number of aryl methyl sites for hydroxylation is 1. The number of hydrogen-bond donors (Lipinski definition) is 2. The number of hydrogen-bond acceptors (Lipinski definition) is 4. The predicted octanol–water partition coefficient (Wildman–Crippen LogP) is 4.55. The molecule has 2 N–H and O–H groups in total. The smallest absolute Gasteiger partial charge is 0.416 e. The highest BCUT2D eigenvalue weighted by Gasteiger charge is 2.30. The summed E-state index contributed by atoms with van der Waals surface area (Å²) in [5.41, 5.74) is 0.611. The van der Waals surface area contributed by atoms with Crippen molar-refractivity contribution in [2.75, 3.05) is 11.9 Å². The van der Waals surface area contributed by atoms with Crippen molar-refractivity contribution in [2.45, 2.75) is 19.0 Å². The summed E-state index contributed by atoms with van der Waals surface area (Å²) in [7, 11) is 0. The SMILES string of the molecule is N#CC1=CC(Oc2ccc(CCC(=O)Nc3cccc(C(F)(F)F)c3)cc2)=CCN1. The lowest BCUT2D eigenvalue weighted by atomic mass is 10.1. The number of amides is 1. The molecule has 2 aromatic carbocycles. The third kappa shape index (κ3) is 5.88. The molecule has 5 nitrogen and oxygen atoms in total. The van der Waals surface area contributed by atoms with Crippen molar-refractivity contribution < 1.29 is 22.7 Å². The molecule has 0 aromatic heterocycles. The third-order valence-electron chi connectivity index (χ3n) is 4.28. The monoisotopic (exact) mass is 413 g/mol. The molecule has 0 saturated heterocycles. The van der Waals surface area contributed by atoms with Gasteiger partial charge < -0.3 is 15.4 Å². The van der Waals surface area contributed by atoms with Crippen LogP contribution in [0.1, 0.15) is 17.5 Å². The summed E-state index contributed by atoms with van der Waals surface area (Å²) in [5.74, 6) is 0.788. The van der Waals surface area contributed by atoms with Crippen LogP contribution < -0.4 is 15.4 Å². The third-order valence-corrected chi connectivity index (χ3v) is 4.28. The van der Waals surface area contributed by atoms with E-state index in [0.29, 0.717) is 30.2 Å². The molecule has 0 saturated carbocycles. The molecule has 1 amide bonds. The van der Waals surface area contributed by atoms with Gasteiger partial charge in [0.25, 0.3) is 0 Å². The molecular weight excluding hydrogens is 395 g/mol. The van der Waals surface area contributed by atoms with E-state index < -0.39 is 11.7 Å². The normalized spacial score (nSPS) is 13.4. The van der Waals surface area contributed by atoms with Gasteiger partial charge in [-0.05, 0) is 48.4 Å². The maximum absolute atomic E-state index is 12.7. The Morgan fingerprint density at radius 3 is 2.67 bits per heavy atom. The molecule has 0 aliphatic carbocycles. The van der Waals surface area contributed by atoms with E-state index in [1.54, 1.807) is 18.2 Å². The van der Waals surface area contributed by atoms with Crippen molar-refractivity contribution in [2.24, 2.45) is 0 Å². The van der Waals surface area contributed by atoms with E-state index >= 15 is 0 Å². The Morgan fingerprint density at radius 2 is 1.97 bits per heavy atom. The average molecular weight is 413 g/mol. The van der Waals surface area contributed by atoms with Gasteiger partial charge in [-0.1, -0.05) is 18.2 Å². The number of ether oxygens (including phenoxy) is 1. The maximum Gasteiger partial charge on any atom is 0.416 e. The first kappa shape index (κ1) is 21.0. The van der Waals surface area contributed by atoms with Crippen molar-refractivity contribution in [3.8, 4) is 11.8 Å². The van der Waals surface area contributed by atoms with Crippen LogP contribution >= 0.6 is 0 Å². The van der Waals surface area contributed by atoms with Gasteiger partial charge in [0, 0.05) is 24.7 Å². The fourth-order valence-electron chi connectivity index (χ4n) is 2.77. The highest BCUT2D eigenvalue weighted by atomic mass is 19.4. The fourth-order valence-corrected chi connectivity index (χ4v) is 2.77. The van der Waals surface area contributed by atoms with Gasteiger partial charge in [-0.2, -0.15) is 18.4 Å². The first-order chi connectivity index (χ1) is 14.3. The van der Waals surface area contributed by atoms with Crippen LogP contribution in [0.5, 0.6) is 5.75 Å². The van der Waals surface area contributed by atoms with Crippen LogP contribution in [0.2, 0.25) is 0 Å². The van der Waals surface area contributed by atoms with E-state index in [1.807, 2.05) is 24.3 Å². The van der Waals surface area contributed by atoms with Gasteiger partial charge in [0.15, 0.2) is 0 Å². The zero-order valence-corrected chi connectivity index (χ0v) is 15.8. The van der Waals surface area contributed by atoms with Crippen molar-refractivity contribution >= 4 is 11.6 Å². The number of nitrogens with zero attached hydrogens (tertiary/aromatic N) is 1. The van der Waals surface area contributed by atoms with Gasteiger partial charge >= 0.3 is 6.18 Å². The minimum Gasteiger partial charge on any atom is -0.458 e. The van der Waals surface area contributed by atoms with Crippen LogP contribution in [0.4, 0.5) is 18.9 Å². The van der Waals surface area contributed by atoms with E-state index in [9.17, 15) is 18.0 Å². The van der Waals surface area contributed by atoms with Gasteiger partial charge in [-0.15, -0.1) is 0 Å². The Balaban J connectivity index is 1.52. The molecule has 3 rings (SSSR count). The molecule has 0 atom stereocenters. The standard InChI is InChI=1S/C22H18F3N3O2/c23-22(24,25)16-2-1-3-17(12-16)28-21(29)9-6-15-4-7-19(8-5-15)30-20-10-11-27-18(13-20)14-26/h1-5,7-8,10,12-13,27H,6,9,11H2,(H,28,29). The number of carbonyl (C=O) groups excluding carboxylic acids is 1. The first-order valence-corrected chi connectivity index (χ1v) is 9.13. The van der Waals surface area contributed by atoms with Gasteiger partial charge in [0.2, 0.25) is 5.91 Å². The highest BCUT2D eigenvalue weighted by molar-refractivity contribution is 5.90. The van der Waals surface area contributed by atoms with Crippen molar-refractivity contribution in [3.63, 3.8) is 0 Å². The Hall–Kier alpha value is -3.73. The summed E-state index contributed by atoms with van der Waals surface area (Å²) in [6.45, 7) is 0.508. The number of dihydropyridines is 1. The summed E-state index contributed by atoms with van der Waals surface area (Å²) in [4.78, 5) is 12.1. The van der Waals surface area contributed by atoms with Crippen LogP contribution in [0.3, 0.4) is 0 Å². The van der Waals surface area contributed by atoms with Crippen molar-refractivity contribution in [1.82, 2.24) is 5.32 Å². The molecule has 0 radical (unpaired) electrons. The summed E-state index contributed by atoms with van der Waals surface area (Å²) in [6.07, 6.45) is -0.485. The number of halogens is 3. The van der Waals surface area contributed by atoms with Crippen LogP contribution in [-0.4, -0.2) is 12.5 Å². The zero-order valence-electron chi connectivity index (χ0n) is 15.8. The second kappa shape index (κ2) is 9.18. The molecule has 0 unspecified atom stereocenters. The van der Waals surface area contributed by atoms with E-state index in [0.717, 1.165) is 17.7 Å². The second-order valence-electron chi connectivity index (χ2n) is 6.53.